The van der Waals surface area contributed by atoms with E-state index in [0.717, 1.165) is 29.2 Å². The van der Waals surface area contributed by atoms with Gasteiger partial charge in [-0.3, -0.25) is 0 Å². The van der Waals surface area contributed by atoms with Crippen LogP contribution < -0.4 is 5.32 Å². The van der Waals surface area contributed by atoms with Crippen LogP contribution in [0.15, 0.2) is 6.33 Å². The van der Waals surface area contributed by atoms with Crippen LogP contribution in [0.2, 0.25) is 0 Å². The van der Waals surface area contributed by atoms with Gasteiger partial charge in [-0.1, -0.05) is 12.8 Å². The van der Waals surface area contributed by atoms with E-state index >= 15 is 0 Å². The minimum Gasteiger partial charge on any atom is -0.376 e. The summed E-state index contributed by atoms with van der Waals surface area (Å²) in [4.78, 5) is 11.1. The molecule has 2 aromatic heterocycles. The van der Waals surface area contributed by atoms with E-state index in [2.05, 4.69) is 29.1 Å². The predicted molar refractivity (Wildman–Crippen MR) is 83.6 cm³/mol. The monoisotopic (exact) mass is 291 g/mol. The Hall–Kier alpha value is -1.20. The second-order valence-corrected chi connectivity index (χ2v) is 6.59. The first-order valence-electron chi connectivity index (χ1n) is 7.32. The zero-order valence-electron chi connectivity index (χ0n) is 12.1. The zero-order valence-corrected chi connectivity index (χ0v) is 12.9. The Morgan fingerprint density at radius 2 is 2.10 bits per heavy atom. The molecule has 4 nitrogen and oxygen atoms in total. The van der Waals surface area contributed by atoms with Gasteiger partial charge in [0.2, 0.25) is 0 Å². The summed E-state index contributed by atoms with van der Waals surface area (Å²) in [7, 11) is 0. The van der Waals surface area contributed by atoms with Gasteiger partial charge < -0.3 is 10.1 Å². The lowest BCUT2D eigenvalue weighted by atomic mass is 10.2. The summed E-state index contributed by atoms with van der Waals surface area (Å²) in [5, 5.41) is 4.56. The number of aromatic nitrogens is 2. The van der Waals surface area contributed by atoms with Crippen molar-refractivity contribution in [3.8, 4) is 0 Å². The Bertz CT molecular complexity index is 590. The summed E-state index contributed by atoms with van der Waals surface area (Å²) in [5.41, 5.74) is 1.28. The van der Waals surface area contributed by atoms with Gasteiger partial charge in [0.1, 0.15) is 17.0 Å². The molecule has 5 heteroatoms. The molecule has 3 rings (SSSR count). The van der Waals surface area contributed by atoms with E-state index in [1.165, 1.54) is 36.1 Å². The maximum absolute atomic E-state index is 5.87. The van der Waals surface area contributed by atoms with Crippen LogP contribution in [0.3, 0.4) is 0 Å². The van der Waals surface area contributed by atoms with Crippen LogP contribution in [-0.4, -0.2) is 29.2 Å². The smallest absolute Gasteiger partial charge is 0.138 e. The van der Waals surface area contributed by atoms with E-state index in [1.54, 1.807) is 17.7 Å². The van der Waals surface area contributed by atoms with Gasteiger partial charge in [-0.05, 0) is 32.3 Å². The van der Waals surface area contributed by atoms with Crippen molar-refractivity contribution in [2.75, 3.05) is 18.5 Å². The summed E-state index contributed by atoms with van der Waals surface area (Å²) in [6.45, 7) is 5.82. The van der Waals surface area contributed by atoms with Gasteiger partial charge in [0, 0.05) is 11.4 Å². The fourth-order valence-electron chi connectivity index (χ4n) is 2.77. The SMILES string of the molecule is Cc1sc2ncnc(NCCOC3CCCC3)c2c1C. The fraction of sp³-hybridized carbons (Fsp3) is 0.600. The zero-order chi connectivity index (χ0) is 13.9. The molecule has 0 aliphatic heterocycles. The molecule has 1 fully saturated rings. The molecular formula is C15H21N3OS. The van der Waals surface area contributed by atoms with Crippen molar-refractivity contribution >= 4 is 27.4 Å². The molecule has 0 amide bonds. The number of anilines is 1. The number of ether oxygens (including phenoxy) is 1. The molecule has 2 aromatic rings. The molecule has 0 radical (unpaired) electrons. The van der Waals surface area contributed by atoms with Crippen LogP contribution >= 0.6 is 11.3 Å². The molecule has 2 heterocycles. The Balaban J connectivity index is 1.62. The number of thiophene rings is 1. The van der Waals surface area contributed by atoms with Crippen LogP contribution in [0.25, 0.3) is 10.2 Å². The van der Waals surface area contributed by atoms with Crippen LogP contribution in [0.4, 0.5) is 5.82 Å². The average Bonchev–Trinajstić information content (AvgIpc) is 3.05. The van der Waals surface area contributed by atoms with Crippen LogP contribution in [0.1, 0.15) is 36.1 Å². The Morgan fingerprint density at radius 3 is 2.90 bits per heavy atom. The maximum atomic E-state index is 5.87. The highest BCUT2D eigenvalue weighted by Gasteiger charge is 2.15. The molecular weight excluding hydrogens is 270 g/mol. The van der Waals surface area contributed by atoms with Gasteiger partial charge in [-0.2, -0.15) is 0 Å². The van der Waals surface area contributed by atoms with Crippen LogP contribution in [-0.2, 0) is 4.74 Å². The Morgan fingerprint density at radius 1 is 1.30 bits per heavy atom. The summed E-state index contributed by atoms with van der Waals surface area (Å²) in [5.74, 6) is 0.937. The molecule has 20 heavy (non-hydrogen) atoms. The lowest BCUT2D eigenvalue weighted by Crippen LogP contribution is -2.16. The van der Waals surface area contributed by atoms with Gasteiger partial charge in [0.25, 0.3) is 0 Å². The first-order chi connectivity index (χ1) is 9.75. The summed E-state index contributed by atoms with van der Waals surface area (Å²) < 4.78 is 5.87. The molecule has 0 spiro atoms. The van der Waals surface area contributed by atoms with Crippen LogP contribution in [0.5, 0.6) is 0 Å². The Labute approximate surface area is 123 Å². The molecule has 1 saturated carbocycles. The van der Waals surface area contributed by atoms with Gasteiger partial charge in [0.15, 0.2) is 0 Å². The highest BCUT2D eigenvalue weighted by atomic mass is 32.1. The van der Waals surface area contributed by atoms with E-state index < -0.39 is 0 Å². The number of hydrogen-bond donors (Lipinski definition) is 1. The molecule has 0 saturated heterocycles. The van der Waals surface area contributed by atoms with E-state index in [-0.39, 0.29) is 0 Å². The lowest BCUT2D eigenvalue weighted by molar-refractivity contribution is 0.0659. The van der Waals surface area contributed by atoms with Gasteiger partial charge in [-0.25, -0.2) is 9.97 Å². The summed E-state index contributed by atoms with van der Waals surface area (Å²) >= 11 is 1.73. The van der Waals surface area contributed by atoms with Crippen molar-refractivity contribution in [3.05, 3.63) is 16.8 Å². The van der Waals surface area contributed by atoms with Crippen molar-refractivity contribution in [1.82, 2.24) is 9.97 Å². The average molecular weight is 291 g/mol. The summed E-state index contributed by atoms with van der Waals surface area (Å²) in [6, 6.07) is 0. The third-order valence-corrected chi connectivity index (χ3v) is 5.13. The van der Waals surface area contributed by atoms with E-state index in [1.807, 2.05) is 0 Å². The van der Waals surface area contributed by atoms with Gasteiger partial charge >= 0.3 is 0 Å². The third-order valence-electron chi connectivity index (χ3n) is 4.02. The largest absolute Gasteiger partial charge is 0.376 e. The first-order valence-corrected chi connectivity index (χ1v) is 8.13. The molecule has 1 aliphatic rings. The molecule has 0 bridgehead atoms. The van der Waals surface area contributed by atoms with Crippen molar-refractivity contribution in [1.29, 1.82) is 0 Å². The number of rotatable bonds is 5. The number of nitrogens with zero attached hydrogens (tertiary/aromatic N) is 2. The quantitative estimate of drug-likeness (QED) is 0.854. The standard InChI is InChI=1S/C15H21N3OS/c1-10-11(2)20-15-13(10)14(17-9-18-15)16-7-8-19-12-5-3-4-6-12/h9,12H,3-8H2,1-2H3,(H,16,17,18). The summed E-state index contributed by atoms with van der Waals surface area (Å²) in [6.07, 6.45) is 7.20. The minimum atomic E-state index is 0.479. The number of nitrogens with one attached hydrogen (secondary N) is 1. The Kier molecular flexibility index (Phi) is 4.17. The third kappa shape index (κ3) is 2.79. The second kappa shape index (κ2) is 6.06. The maximum Gasteiger partial charge on any atom is 0.138 e. The van der Waals surface area contributed by atoms with Crippen molar-refractivity contribution in [2.24, 2.45) is 0 Å². The topological polar surface area (TPSA) is 47.0 Å². The molecule has 0 aromatic carbocycles. The molecule has 108 valence electrons. The number of aryl methyl sites for hydroxylation is 2. The lowest BCUT2D eigenvalue weighted by Gasteiger charge is -2.12. The van der Waals surface area contributed by atoms with Crippen molar-refractivity contribution in [2.45, 2.75) is 45.6 Å². The first kappa shape index (κ1) is 13.8. The van der Waals surface area contributed by atoms with Crippen LogP contribution in [0, 0.1) is 13.8 Å². The minimum absolute atomic E-state index is 0.479. The highest BCUT2D eigenvalue weighted by molar-refractivity contribution is 7.18. The molecule has 0 unspecified atom stereocenters. The van der Waals surface area contributed by atoms with Gasteiger partial charge in [-0.15, -0.1) is 11.3 Å². The number of hydrogen-bond acceptors (Lipinski definition) is 5. The van der Waals surface area contributed by atoms with E-state index in [0.29, 0.717) is 6.10 Å². The van der Waals surface area contributed by atoms with Crippen molar-refractivity contribution in [3.63, 3.8) is 0 Å². The van der Waals surface area contributed by atoms with E-state index in [9.17, 15) is 0 Å². The normalized spacial score (nSPS) is 16.1. The van der Waals surface area contributed by atoms with E-state index in [4.69, 9.17) is 4.74 Å². The predicted octanol–water partition coefficient (Wildman–Crippen LogP) is 3.68. The number of fused-ring (bicyclic) bond motifs is 1. The molecule has 1 aliphatic carbocycles. The van der Waals surface area contributed by atoms with Crippen molar-refractivity contribution < 1.29 is 4.74 Å². The highest BCUT2D eigenvalue weighted by Crippen LogP contribution is 2.32. The second-order valence-electron chi connectivity index (χ2n) is 5.39. The fourth-order valence-corrected chi connectivity index (χ4v) is 3.76. The molecule has 0 atom stereocenters. The van der Waals surface area contributed by atoms with Gasteiger partial charge in [0.05, 0.1) is 18.1 Å². The molecule has 1 N–H and O–H groups in total.